The molecule has 3 aromatic rings. The topological polar surface area (TPSA) is 86.8 Å². The minimum Gasteiger partial charge on any atom is -0.354 e. The molecule has 0 bridgehead atoms. The average Bonchev–Trinajstić information content (AvgIpc) is 2.93. The van der Waals surface area contributed by atoms with Crippen molar-refractivity contribution in [3.05, 3.63) is 94.2 Å². The molecule has 2 amide bonds. The molecule has 0 radical (unpaired) electrons. The van der Waals surface area contributed by atoms with E-state index in [-0.39, 0.29) is 34.5 Å². The van der Waals surface area contributed by atoms with Crippen molar-refractivity contribution in [2.45, 2.75) is 44.2 Å². The molecule has 0 spiro atoms. The van der Waals surface area contributed by atoms with Crippen LogP contribution >= 0.6 is 23.2 Å². The van der Waals surface area contributed by atoms with Crippen molar-refractivity contribution in [2.75, 3.05) is 17.4 Å². The van der Waals surface area contributed by atoms with Crippen molar-refractivity contribution in [3.8, 4) is 0 Å². The molecule has 0 aliphatic carbocycles. The average molecular weight is 595 g/mol. The van der Waals surface area contributed by atoms with Gasteiger partial charge in [-0.1, -0.05) is 61.3 Å². The molecule has 0 aromatic heterocycles. The molecule has 0 aliphatic heterocycles. The molecule has 0 fully saturated rings. The molecule has 1 unspecified atom stereocenters. The Morgan fingerprint density at radius 2 is 1.62 bits per heavy atom. The highest BCUT2D eigenvalue weighted by atomic mass is 35.5. The van der Waals surface area contributed by atoms with Crippen molar-refractivity contribution < 1.29 is 22.4 Å². The molecule has 1 N–H and O–H groups in total. The van der Waals surface area contributed by atoms with E-state index in [1.165, 1.54) is 29.2 Å². The zero-order valence-electron chi connectivity index (χ0n) is 21.6. The zero-order chi connectivity index (χ0) is 28.6. The van der Waals surface area contributed by atoms with Crippen molar-refractivity contribution in [1.29, 1.82) is 0 Å². The van der Waals surface area contributed by atoms with Gasteiger partial charge in [0.2, 0.25) is 11.8 Å². The maximum absolute atomic E-state index is 13.9. The minimum absolute atomic E-state index is 0.0174. The Morgan fingerprint density at radius 3 is 2.21 bits per heavy atom. The molecule has 3 rings (SSSR count). The first-order chi connectivity index (χ1) is 18.6. The SMILES string of the molecule is CCCNC(=O)C(CC)N(Cc1ccc(Cl)c(Cl)c1)C(=O)CN(c1ccc(F)cc1)S(=O)(=O)c1ccccc1. The Balaban J connectivity index is 2.04. The molecule has 39 heavy (non-hydrogen) atoms. The standard InChI is InChI=1S/C28H30Cl2FN3O4S/c1-3-16-32-28(36)26(4-2)33(18-20-10-15-24(29)25(30)17-20)27(35)19-34(22-13-11-21(31)12-14-22)39(37,38)23-8-6-5-7-9-23/h5-15,17,26H,3-4,16,18-19H2,1-2H3,(H,32,36). The second-order valence-electron chi connectivity index (χ2n) is 8.79. The highest BCUT2D eigenvalue weighted by molar-refractivity contribution is 7.92. The van der Waals surface area contributed by atoms with Crippen LogP contribution in [-0.2, 0) is 26.2 Å². The first-order valence-corrected chi connectivity index (χ1v) is 14.6. The molecule has 0 aliphatic rings. The Morgan fingerprint density at radius 1 is 0.949 bits per heavy atom. The minimum atomic E-state index is -4.22. The van der Waals surface area contributed by atoms with E-state index in [9.17, 15) is 22.4 Å². The number of hydrogen-bond acceptors (Lipinski definition) is 4. The number of carbonyl (C=O) groups is 2. The van der Waals surface area contributed by atoms with E-state index < -0.39 is 34.3 Å². The molecular weight excluding hydrogens is 564 g/mol. The van der Waals surface area contributed by atoms with E-state index in [1.54, 1.807) is 43.3 Å². The zero-order valence-corrected chi connectivity index (χ0v) is 23.9. The first-order valence-electron chi connectivity index (χ1n) is 12.4. The van der Waals surface area contributed by atoms with Gasteiger partial charge in [-0.05, 0) is 66.9 Å². The number of sulfonamides is 1. The van der Waals surface area contributed by atoms with E-state index in [0.717, 1.165) is 16.4 Å². The van der Waals surface area contributed by atoms with Crippen LogP contribution in [0.25, 0.3) is 0 Å². The first kappa shape index (κ1) is 30.4. The van der Waals surface area contributed by atoms with Gasteiger partial charge in [0.05, 0.1) is 20.6 Å². The maximum Gasteiger partial charge on any atom is 0.264 e. The summed E-state index contributed by atoms with van der Waals surface area (Å²) < 4.78 is 42.0. The summed E-state index contributed by atoms with van der Waals surface area (Å²) in [6.45, 7) is 3.46. The maximum atomic E-state index is 13.9. The molecule has 0 saturated heterocycles. The second-order valence-corrected chi connectivity index (χ2v) is 11.5. The van der Waals surface area contributed by atoms with Gasteiger partial charge in [0.25, 0.3) is 10.0 Å². The van der Waals surface area contributed by atoms with Crippen LogP contribution < -0.4 is 9.62 Å². The molecule has 3 aromatic carbocycles. The molecule has 7 nitrogen and oxygen atoms in total. The number of rotatable bonds is 12. The van der Waals surface area contributed by atoms with E-state index in [4.69, 9.17) is 23.2 Å². The summed E-state index contributed by atoms with van der Waals surface area (Å²) >= 11 is 12.3. The Kier molecular flexibility index (Phi) is 10.7. The molecule has 1 atom stereocenters. The van der Waals surface area contributed by atoms with Crippen molar-refractivity contribution in [3.63, 3.8) is 0 Å². The second kappa shape index (κ2) is 13.8. The van der Waals surface area contributed by atoms with Crippen LogP contribution in [0.4, 0.5) is 10.1 Å². The summed E-state index contributed by atoms with van der Waals surface area (Å²) in [6, 6.07) is 16.4. The predicted octanol–water partition coefficient (Wildman–Crippen LogP) is 5.66. The molecule has 0 heterocycles. The summed E-state index contributed by atoms with van der Waals surface area (Å²) in [7, 11) is -4.22. The van der Waals surface area contributed by atoms with Crippen LogP contribution in [0.1, 0.15) is 32.3 Å². The number of halogens is 3. The normalized spacial score (nSPS) is 12.0. The van der Waals surface area contributed by atoms with Gasteiger partial charge >= 0.3 is 0 Å². The highest BCUT2D eigenvalue weighted by Gasteiger charge is 2.33. The number of benzene rings is 3. The molecule has 208 valence electrons. The third-order valence-corrected chi connectivity index (χ3v) is 8.52. The van der Waals surface area contributed by atoms with Crippen LogP contribution in [0.15, 0.2) is 77.7 Å². The van der Waals surface area contributed by atoms with Gasteiger partial charge in [0, 0.05) is 13.1 Å². The van der Waals surface area contributed by atoms with E-state index >= 15 is 0 Å². The summed E-state index contributed by atoms with van der Waals surface area (Å²) in [6.07, 6.45) is 0.987. The van der Waals surface area contributed by atoms with Gasteiger partial charge in [0.1, 0.15) is 18.4 Å². The molecule has 11 heteroatoms. The van der Waals surface area contributed by atoms with E-state index in [0.29, 0.717) is 23.6 Å². The van der Waals surface area contributed by atoms with E-state index in [1.807, 2.05) is 6.92 Å². The van der Waals surface area contributed by atoms with Gasteiger partial charge in [0.15, 0.2) is 0 Å². The lowest BCUT2D eigenvalue weighted by Gasteiger charge is -2.33. The van der Waals surface area contributed by atoms with E-state index in [2.05, 4.69) is 5.32 Å². The summed E-state index contributed by atoms with van der Waals surface area (Å²) in [4.78, 5) is 28.3. The lowest BCUT2D eigenvalue weighted by molar-refractivity contribution is -0.140. The fraction of sp³-hybridized carbons (Fsp3) is 0.286. The summed E-state index contributed by atoms with van der Waals surface area (Å²) in [5, 5.41) is 3.44. The fourth-order valence-electron chi connectivity index (χ4n) is 3.98. The highest BCUT2D eigenvalue weighted by Crippen LogP contribution is 2.27. The number of hydrogen-bond donors (Lipinski definition) is 1. The Hall–Kier alpha value is -3.14. The quantitative estimate of drug-likeness (QED) is 0.293. The van der Waals surface area contributed by atoms with Crippen LogP contribution in [0, 0.1) is 5.82 Å². The third kappa shape index (κ3) is 7.71. The number of nitrogens with zero attached hydrogens (tertiary/aromatic N) is 2. The van der Waals surface area contributed by atoms with Gasteiger partial charge in [-0.3, -0.25) is 13.9 Å². The van der Waals surface area contributed by atoms with Crippen LogP contribution in [-0.4, -0.2) is 44.3 Å². The monoisotopic (exact) mass is 593 g/mol. The summed E-state index contributed by atoms with van der Waals surface area (Å²) in [5.74, 6) is -1.53. The van der Waals surface area contributed by atoms with Crippen molar-refractivity contribution in [1.82, 2.24) is 10.2 Å². The fourth-order valence-corrected chi connectivity index (χ4v) is 5.73. The molecule has 0 saturated carbocycles. The summed E-state index contributed by atoms with van der Waals surface area (Å²) in [5.41, 5.74) is 0.713. The largest absolute Gasteiger partial charge is 0.354 e. The lowest BCUT2D eigenvalue weighted by atomic mass is 10.1. The van der Waals surface area contributed by atoms with Crippen LogP contribution in [0.5, 0.6) is 0 Å². The van der Waals surface area contributed by atoms with Crippen molar-refractivity contribution in [2.24, 2.45) is 0 Å². The van der Waals surface area contributed by atoms with Crippen molar-refractivity contribution >= 4 is 50.7 Å². The third-order valence-electron chi connectivity index (χ3n) is 6.00. The lowest BCUT2D eigenvalue weighted by Crippen LogP contribution is -2.52. The number of anilines is 1. The predicted molar refractivity (Wildman–Crippen MR) is 152 cm³/mol. The number of carbonyl (C=O) groups excluding carboxylic acids is 2. The number of nitrogens with one attached hydrogen (secondary N) is 1. The van der Waals surface area contributed by atoms with Crippen LogP contribution in [0.3, 0.4) is 0 Å². The van der Waals surface area contributed by atoms with Gasteiger partial charge in [-0.2, -0.15) is 0 Å². The van der Waals surface area contributed by atoms with Crippen LogP contribution in [0.2, 0.25) is 10.0 Å². The van der Waals surface area contributed by atoms with Gasteiger partial charge in [-0.25, -0.2) is 12.8 Å². The molecular formula is C28H30Cl2FN3O4S. The Labute approximate surface area is 238 Å². The van der Waals surface area contributed by atoms with Gasteiger partial charge in [-0.15, -0.1) is 0 Å². The Bertz CT molecular complexity index is 1390. The number of amides is 2. The van der Waals surface area contributed by atoms with Gasteiger partial charge < -0.3 is 10.2 Å². The smallest absolute Gasteiger partial charge is 0.264 e.